The summed E-state index contributed by atoms with van der Waals surface area (Å²) in [7, 11) is 1.81. The Kier molecular flexibility index (Phi) is 3.05. The predicted molar refractivity (Wildman–Crippen MR) is 81.0 cm³/mol. The number of rotatable bonds is 2. The average molecular weight is 267 g/mol. The number of nitrogens with zero attached hydrogens (tertiary/aromatic N) is 1. The molecular weight excluding hydrogens is 254 g/mol. The summed E-state index contributed by atoms with van der Waals surface area (Å²) >= 11 is 1.54. The summed E-state index contributed by atoms with van der Waals surface area (Å²) in [5, 5.41) is 6.12. The molecule has 0 saturated heterocycles. The highest BCUT2D eigenvalue weighted by atomic mass is 32.1. The molecule has 1 heterocycles. The lowest BCUT2D eigenvalue weighted by molar-refractivity contribution is 0.0993. The fourth-order valence-corrected chi connectivity index (χ4v) is 2.71. The first-order valence-corrected chi connectivity index (χ1v) is 6.99. The number of benzene rings is 2. The SMILES string of the molecule is CN(C(=O)c1ccsc1)c1ccc2ccccc2c1. The minimum atomic E-state index is 0.0246. The number of hydrogen-bond donors (Lipinski definition) is 0. The largest absolute Gasteiger partial charge is 0.311 e. The third kappa shape index (κ3) is 2.25. The quantitative estimate of drug-likeness (QED) is 0.682. The second-order valence-electron chi connectivity index (χ2n) is 4.41. The van der Waals surface area contributed by atoms with Crippen LogP contribution in [0.5, 0.6) is 0 Å². The molecule has 2 aromatic carbocycles. The normalized spacial score (nSPS) is 10.6. The molecule has 0 N–H and O–H groups in total. The van der Waals surface area contributed by atoms with Crippen LogP contribution in [0, 0.1) is 0 Å². The summed E-state index contributed by atoms with van der Waals surface area (Å²) in [5.74, 6) is 0.0246. The standard InChI is InChI=1S/C16H13NOS/c1-17(16(18)14-8-9-19-11-14)15-7-6-12-4-2-3-5-13(12)10-15/h2-11H,1H3. The van der Waals surface area contributed by atoms with Crippen molar-refractivity contribution in [3.63, 3.8) is 0 Å². The van der Waals surface area contributed by atoms with Crippen molar-refractivity contribution in [2.45, 2.75) is 0 Å². The third-order valence-corrected chi connectivity index (χ3v) is 3.88. The number of hydrogen-bond acceptors (Lipinski definition) is 2. The minimum absolute atomic E-state index is 0.0246. The third-order valence-electron chi connectivity index (χ3n) is 3.19. The van der Waals surface area contributed by atoms with Gasteiger partial charge in [0, 0.05) is 18.1 Å². The van der Waals surface area contributed by atoms with Crippen LogP contribution >= 0.6 is 11.3 Å². The Labute approximate surface area is 115 Å². The number of thiophene rings is 1. The lowest BCUT2D eigenvalue weighted by Gasteiger charge is -2.17. The number of anilines is 1. The maximum absolute atomic E-state index is 12.3. The van der Waals surface area contributed by atoms with Crippen molar-refractivity contribution in [3.05, 3.63) is 64.9 Å². The Morgan fingerprint density at radius 2 is 1.84 bits per heavy atom. The van der Waals surface area contributed by atoms with Gasteiger partial charge in [0.05, 0.1) is 5.56 Å². The van der Waals surface area contributed by atoms with E-state index in [4.69, 9.17) is 0 Å². The molecule has 0 spiro atoms. The second-order valence-corrected chi connectivity index (χ2v) is 5.19. The van der Waals surface area contributed by atoms with Gasteiger partial charge in [0.1, 0.15) is 0 Å². The van der Waals surface area contributed by atoms with Gasteiger partial charge in [-0.1, -0.05) is 30.3 Å². The zero-order valence-corrected chi connectivity index (χ0v) is 11.4. The van der Waals surface area contributed by atoms with Gasteiger partial charge in [-0.15, -0.1) is 0 Å². The lowest BCUT2D eigenvalue weighted by Crippen LogP contribution is -2.25. The van der Waals surface area contributed by atoms with Crippen LogP contribution in [0.2, 0.25) is 0 Å². The zero-order valence-electron chi connectivity index (χ0n) is 10.5. The average Bonchev–Trinajstić information content (AvgIpc) is 2.99. The predicted octanol–water partition coefficient (Wildman–Crippen LogP) is 4.18. The molecule has 94 valence electrons. The molecule has 2 nitrogen and oxygen atoms in total. The van der Waals surface area contributed by atoms with Crippen molar-refractivity contribution >= 4 is 33.7 Å². The van der Waals surface area contributed by atoms with E-state index in [1.807, 2.05) is 54.2 Å². The monoisotopic (exact) mass is 267 g/mol. The van der Waals surface area contributed by atoms with Crippen molar-refractivity contribution in [2.24, 2.45) is 0 Å². The van der Waals surface area contributed by atoms with Crippen LogP contribution in [-0.2, 0) is 0 Å². The van der Waals surface area contributed by atoms with Crippen molar-refractivity contribution in [1.82, 2.24) is 0 Å². The Hall–Kier alpha value is -2.13. The summed E-state index contributed by atoms with van der Waals surface area (Å²) in [4.78, 5) is 14.0. The molecule has 0 saturated carbocycles. The molecule has 1 aromatic heterocycles. The molecule has 19 heavy (non-hydrogen) atoms. The maximum atomic E-state index is 12.3. The molecule has 3 aromatic rings. The second kappa shape index (κ2) is 4.86. The van der Waals surface area contributed by atoms with Gasteiger partial charge >= 0.3 is 0 Å². The summed E-state index contributed by atoms with van der Waals surface area (Å²) in [6, 6.07) is 16.1. The van der Waals surface area contributed by atoms with Gasteiger partial charge in [-0.25, -0.2) is 0 Å². The van der Waals surface area contributed by atoms with Crippen LogP contribution < -0.4 is 4.90 Å². The minimum Gasteiger partial charge on any atom is -0.311 e. The summed E-state index contributed by atoms with van der Waals surface area (Å²) in [5.41, 5.74) is 1.65. The molecule has 3 heteroatoms. The molecule has 0 aliphatic carbocycles. The number of carbonyl (C=O) groups excluding carboxylic acids is 1. The highest BCUT2D eigenvalue weighted by Gasteiger charge is 2.13. The number of carbonyl (C=O) groups is 1. The zero-order chi connectivity index (χ0) is 13.2. The fraction of sp³-hybridized carbons (Fsp3) is 0.0625. The molecule has 0 fully saturated rings. The highest BCUT2D eigenvalue weighted by Crippen LogP contribution is 2.22. The summed E-state index contributed by atoms with van der Waals surface area (Å²) in [6.45, 7) is 0. The van der Waals surface area contributed by atoms with E-state index in [9.17, 15) is 4.79 Å². The molecule has 0 aliphatic rings. The molecule has 0 bridgehead atoms. The van der Waals surface area contributed by atoms with E-state index >= 15 is 0 Å². The Balaban J connectivity index is 1.97. The smallest absolute Gasteiger partial charge is 0.258 e. The van der Waals surface area contributed by atoms with E-state index < -0.39 is 0 Å². The van der Waals surface area contributed by atoms with Crippen molar-refractivity contribution in [1.29, 1.82) is 0 Å². The van der Waals surface area contributed by atoms with Gasteiger partial charge in [0.2, 0.25) is 0 Å². The van der Waals surface area contributed by atoms with Crippen molar-refractivity contribution in [2.75, 3.05) is 11.9 Å². The van der Waals surface area contributed by atoms with Gasteiger partial charge in [-0.05, 0) is 34.4 Å². The van der Waals surface area contributed by atoms with Gasteiger partial charge in [0.25, 0.3) is 5.91 Å². The number of fused-ring (bicyclic) bond motifs is 1. The van der Waals surface area contributed by atoms with E-state index in [-0.39, 0.29) is 5.91 Å². The van der Waals surface area contributed by atoms with E-state index in [1.165, 1.54) is 16.7 Å². The van der Waals surface area contributed by atoms with Crippen LogP contribution in [0.4, 0.5) is 5.69 Å². The van der Waals surface area contributed by atoms with Gasteiger partial charge in [0.15, 0.2) is 0 Å². The number of amides is 1. The first kappa shape index (κ1) is 11.9. The van der Waals surface area contributed by atoms with E-state index in [0.29, 0.717) is 0 Å². The van der Waals surface area contributed by atoms with Gasteiger partial charge in [-0.3, -0.25) is 4.79 Å². The van der Waals surface area contributed by atoms with E-state index in [0.717, 1.165) is 16.6 Å². The lowest BCUT2D eigenvalue weighted by atomic mass is 10.1. The van der Waals surface area contributed by atoms with Gasteiger partial charge in [-0.2, -0.15) is 11.3 Å². The van der Waals surface area contributed by atoms with Gasteiger partial charge < -0.3 is 4.90 Å². The molecule has 0 atom stereocenters. The van der Waals surface area contributed by atoms with Crippen molar-refractivity contribution in [3.8, 4) is 0 Å². The van der Waals surface area contributed by atoms with E-state index in [1.54, 1.807) is 4.90 Å². The molecular formula is C16H13NOS. The summed E-state index contributed by atoms with van der Waals surface area (Å²) < 4.78 is 0. The first-order chi connectivity index (χ1) is 9.25. The molecule has 3 rings (SSSR count). The van der Waals surface area contributed by atoms with Crippen LogP contribution in [0.25, 0.3) is 10.8 Å². The van der Waals surface area contributed by atoms with E-state index in [2.05, 4.69) is 12.1 Å². The van der Waals surface area contributed by atoms with Crippen LogP contribution in [0.3, 0.4) is 0 Å². The van der Waals surface area contributed by atoms with Crippen LogP contribution in [-0.4, -0.2) is 13.0 Å². The fourth-order valence-electron chi connectivity index (χ4n) is 2.08. The Morgan fingerprint density at radius 1 is 1.05 bits per heavy atom. The summed E-state index contributed by atoms with van der Waals surface area (Å²) in [6.07, 6.45) is 0. The van der Waals surface area contributed by atoms with Crippen LogP contribution in [0.1, 0.15) is 10.4 Å². The van der Waals surface area contributed by atoms with Crippen LogP contribution in [0.15, 0.2) is 59.3 Å². The molecule has 0 radical (unpaired) electrons. The molecule has 1 amide bonds. The maximum Gasteiger partial charge on any atom is 0.258 e. The Morgan fingerprint density at radius 3 is 2.58 bits per heavy atom. The molecule has 0 unspecified atom stereocenters. The highest BCUT2D eigenvalue weighted by molar-refractivity contribution is 7.08. The Bertz CT molecular complexity index is 718. The topological polar surface area (TPSA) is 20.3 Å². The van der Waals surface area contributed by atoms with Crippen molar-refractivity contribution < 1.29 is 4.79 Å². The first-order valence-electron chi connectivity index (χ1n) is 6.05. The molecule has 0 aliphatic heterocycles.